The van der Waals surface area contributed by atoms with Crippen LogP contribution in [0.25, 0.3) is 11.1 Å². The summed E-state index contributed by atoms with van der Waals surface area (Å²) in [6.07, 6.45) is 2.12. The molecule has 0 saturated heterocycles. The van der Waals surface area contributed by atoms with Crippen molar-refractivity contribution in [2.45, 2.75) is 38.6 Å². The van der Waals surface area contributed by atoms with E-state index >= 15 is 0 Å². The summed E-state index contributed by atoms with van der Waals surface area (Å²) < 4.78 is 2.20. The fraction of sp³-hybridized carbons (Fsp3) is 0.353. The number of fused-ring (bicyclic) bond motifs is 1. The highest BCUT2D eigenvalue weighted by Crippen LogP contribution is 2.37. The zero-order chi connectivity index (χ0) is 14.3. The first-order chi connectivity index (χ1) is 9.51. The number of hydrogen-bond donors (Lipinski definition) is 1. The Morgan fingerprint density at radius 3 is 2.60 bits per heavy atom. The molecule has 0 aliphatic carbocycles. The van der Waals surface area contributed by atoms with E-state index in [2.05, 4.69) is 22.8 Å². The number of benzene rings is 1. The fourth-order valence-electron chi connectivity index (χ4n) is 3.01. The summed E-state index contributed by atoms with van der Waals surface area (Å²) in [5.74, 6) is -0.774. The molecule has 3 nitrogen and oxygen atoms in total. The summed E-state index contributed by atoms with van der Waals surface area (Å²) in [5, 5.41) is 9.49. The molecule has 0 spiro atoms. The first-order valence-corrected chi connectivity index (χ1v) is 7.03. The topological polar surface area (TPSA) is 42.2 Å². The number of rotatable bonds is 3. The van der Waals surface area contributed by atoms with Crippen LogP contribution < -0.4 is 0 Å². The van der Waals surface area contributed by atoms with E-state index in [4.69, 9.17) is 0 Å². The van der Waals surface area contributed by atoms with Gasteiger partial charge in [0.15, 0.2) is 0 Å². The number of hydrogen-bond acceptors (Lipinski definition) is 1. The van der Waals surface area contributed by atoms with Gasteiger partial charge < -0.3 is 9.67 Å². The fourth-order valence-corrected chi connectivity index (χ4v) is 3.01. The van der Waals surface area contributed by atoms with E-state index < -0.39 is 11.4 Å². The lowest BCUT2D eigenvalue weighted by molar-refractivity contribution is -0.142. The van der Waals surface area contributed by atoms with Crippen LogP contribution in [0, 0.1) is 0 Å². The van der Waals surface area contributed by atoms with Gasteiger partial charge in [-0.05, 0) is 38.3 Å². The van der Waals surface area contributed by atoms with Crippen LogP contribution in [0.15, 0.2) is 36.4 Å². The SMILES string of the molecule is CC(C)(C(=O)O)c1cc(-c2ccccc2)c2n1CCC2. The molecule has 2 aromatic rings. The molecule has 2 heterocycles. The molecule has 0 amide bonds. The Morgan fingerprint density at radius 2 is 1.95 bits per heavy atom. The second kappa shape index (κ2) is 4.51. The van der Waals surface area contributed by atoms with Gasteiger partial charge in [-0.2, -0.15) is 0 Å². The lowest BCUT2D eigenvalue weighted by Crippen LogP contribution is -2.31. The van der Waals surface area contributed by atoms with E-state index in [1.165, 1.54) is 16.8 Å². The van der Waals surface area contributed by atoms with Crippen molar-refractivity contribution in [2.24, 2.45) is 0 Å². The van der Waals surface area contributed by atoms with Crippen LogP contribution in [0.2, 0.25) is 0 Å². The summed E-state index contributed by atoms with van der Waals surface area (Å²) in [4.78, 5) is 11.6. The second-order valence-corrected chi connectivity index (χ2v) is 5.94. The molecule has 0 fully saturated rings. The molecule has 1 aromatic heterocycles. The standard InChI is InChI=1S/C17H19NO2/c1-17(2,16(19)20)15-11-13(12-7-4-3-5-8-12)14-9-6-10-18(14)15/h3-5,7-8,11H,6,9-10H2,1-2H3,(H,19,20). The largest absolute Gasteiger partial charge is 0.481 e. The predicted octanol–water partition coefficient (Wildman–Crippen LogP) is 3.46. The van der Waals surface area contributed by atoms with Crippen molar-refractivity contribution in [1.82, 2.24) is 4.57 Å². The average molecular weight is 269 g/mol. The summed E-state index contributed by atoms with van der Waals surface area (Å²) >= 11 is 0. The third-order valence-corrected chi connectivity index (χ3v) is 4.26. The van der Waals surface area contributed by atoms with Gasteiger partial charge in [-0.3, -0.25) is 4.79 Å². The molecule has 1 aliphatic rings. The minimum atomic E-state index is -0.855. The highest BCUT2D eigenvalue weighted by atomic mass is 16.4. The molecule has 3 heteroatoms. The zero-order valence-corrected chi connectivity index (χ0v) is 11.9. The third-order valence-electron chi connectivity index (χ3n) is 4.26. The number of nitrogens with zero attached hydrogens (tertiary/aromatic N) is 1. The first kappa shape index (κ1) is 13.0. The van der Waals surface area contributed by atoms with Crippen molar-refractivity contribution in [3.63, 3.8) is 0 Å². The zero-order valence-electron chi connectivity index (χ0n) is 11.9. The van der Waals surface area contributed by atoms with E-state index in [9.17, 15) is 9.90 Å². The van der Waals surface area contributed by atoms with Crippen LogP contribution in [-0.4, -0.2) is 15.6 Å². The first-order valence-electron chi connectivity index (χ1n) is 7.03. The maximum atomic E-state index is 11.6. The lowest BCUT2D eigenvalue weighted by atomic mass is 9.88. The molecule has 1 aliphatic heterocycles. The summed E-state index contributed by atoms with van der Waals surface area (Å²) in [7, 11) is 0. The van der Waals surface area contributed by atoms with Gasteiger partial charge in [0, 0.05) is 23.5 Å². The van der Waals surface area contributed by atoms with Gasteiger partial charge in [0.2, 0.25) is 0 Å². The van der Waals surface area contributed by atoms with Crippen molar-refractivity contribution in [3.05, 3.63) is 47.8 Å². The van der Waals surface area contributed by atoms with Crippen molar-refractivity contribution >= 4 is 5.97 Å². The highest BCUT2D eigenvalue weighted by molar-refractivity contribution is 5.81. The molecule has 0 saturated carbocycles. The van der Waals surface area contributed by atoms with Crippen molar-refractivity contribution in [1.29, 1.82) is 0 Å². The maximum absolute atomic E-state index is 11.6. The molecule has 0 atom stereocenters. The van der Waals surface area contributed by atoms with Gasteiger partial charge in [0.05, 0.1) is 0 Å². The molecule has 0 radical (unpaired) electrons. The van der Waals surface area contributed by atoms with Gasteiger partial charge in [0.25, 0.3) is 0 Å². The van der Waals surface area contributed by atoms with Crippen LogP contribution in [0.5, 0.6) is 0 Å². The molecule has 3 rings (SSSR count). The van der Waals surface area contributed by atoms with Crippen LogP contribution in [0.3, 0.4) is 0 Å². The molecule has 104 valence electrons. The van der Waals surface area contributed by atoms with Crippen LogP contribution in [-0.2, 0) is 23.2 Å². The Morgan fingerprint density at radius 1 is 1.25 bits per heavy atom. The Labute approximate surface area is 118 Å². The minimum absolute atomic E-state index is 0.774. The van der Waals surface area contributed by atoms with Gasteiger partial charge in [-0.1, -0.05) is 30.3 Å². The highest BCUT2D eigenvalue weighted by Gasteiger charge is 2.35. The molecular weight excluding hydrogens is 250 g/mol. The Hall–Kier alpha value is -2.03. The third kappa shape index (κ3) is 1.85. The van der Waals surface area contributed by atoms with Gasteiger partial charge >= 0.3 is 5.97 Å². The number of carboxylic acid groups (broad SMARTS) is 1. The van der Waals surface area contributed by atoms with E-state index in [1.54, 1.807) is 13.8 Å². The second-order valence-electron chi connectivity index (χ2n) is 5.94. The minimum Gasteiger partial charge on any atom is -0.481 e. The Balaban J connectivity index is 2.18. The average Bonchev–Trinajstić information content (AvgIpc) is 3.00. The monoisotopic (exact) mass is 269 g/mol. The van der Waals surface area contributed by atoms with E-state index in [1.807, 2.05) is 18.2 Å². The van der Waals surface area contributed by atoms with Gasteiger partial charge in [-0.15, -0.1) is 0 Å². The Kier molecular flexibility index (Phi) is 2.93. The summed E-state index contributed by atoms with van der Waals surface area (Å²) in [6, 6.07) is 12.3. The lowest BCUT2D eigenvalue weighted by Gasteiger charge is -2.21. The summed E-state index contributed by atoms with van der Waals surface area (Å²) in [5.41, 5.74) is 3.70. The van der Waals surface area contributed by atoms with Gasteiger partial charge in [0.1, 0.15) is 5.41 Å². The van der Waals surface area contributed by atoms with E-state index in [-0.39, 0.29) is 0 Å². The normalized spacial score (nSPS) is 14.3. The Bertz CT molecular complexity index is 653. The summed E-state index contributed by atoms with van der Waals surface area (Å²) in [6.45, 7) is 4.49. The van der Waals surface area contributed by atoms with Crippen molar-refractivity contribution in [2.75, 3.05) is 0 Å². The van der Waals surface area contributed by atoms with Crippen LogP contribution in [0.1, 0.15) is 31.7 Å². The molecule has 0 unspecified atom stereocenters. The predicted molar refractivity (Wildman–Crippen MR) is 78.9 cm³/mol. The van der Waals surface area contributed by atoms with Crippen molar-refractivity contribution in [3.8, 4) is 11.1 Å². The van der Waals surface area contributed by atoms with Crippen molar-refractivity contribution < 1.29 is 9.90 Å². The number of carbonyl (C=O) groups is 1. The maximum Gasteiger partial charge on any atom is 0.315 e. The van der Waals surface area contributed by atoms with Gasteiger partial charge in [-0.25, -0.2) is 0 Å². The molecule has 0 bridgehead atoms. The smallest absolute Gasteiger partial charge is 0.315 e. The number of aliphatic carboxylic acids is 1. The quantitative estimate of drug-likeness (QED) is 0.927. The molecule has 1 N–H and O–H groups in total. The number of carboxylic acids is 1. The molecule has 1 aromatic carbocycles. The molecule has 20 heavy (non-hydrogen) atoms. The van der Waals surface area contributed by atoms with Crippen LogP contribution in [0.4, 0.5) is 0 Å². The van der Waals surface area contributed by atoms with E-state index in [0.29, 0.717) is 0 Å². The van der Waals surface area contributed by atoms with E-state index in [0.717, 1.165) is 25.1 Å². The van der Waals surface area contributed by atoms with Crippen LogP contribution >= 0.6 is 0 Å². The number of aromatic nitrogens is 1. The molecular formula is C17H19NO2.